The van der Waals surface area contributed by atoms with Crippen molar-refractivity contribution in [3.8, 4) is 0 Å². The van der Waals surface area contributed by atoms with Gasteiger partial charge in [-0.05, 0) is 20.3 Å². The van der Waals surface area contributed by atoms with E-state index in [1.807, 2.05) is 6.92 Å². The molecule has 0 bridgehead atoms. The average Bonchev–Trinajstić information content (AvgIpc) is 3.06. The highest BCUT2D eigenvalue weighted by Gasteiger charge is 2.33. The van der Waals surface area contributed by atoms with E-state index in [1.165, 1.54) is 0 Å². The molecular weight excluding hydrogens is 258 g/mol. The van der Waals surface area contributed by atoms with E-state index >= 15 is 0 Å². The van der Waals surface area contributed by atoms with Gasteiger partial charge in [0.25, 0.3) is 5.89 Å². The summed E-state index contributed by atoms with van der Waals surface area (Å²) in [7, 11) is 0. The summed E-state index contributed by atoms with van der Waals surface area (Å²) in [6, 6.07) is 0. The fourth-order valence-electron chi connectivity index (χ4n) is 2.35. The molecule has 20 heavy (non-hydrogen) atoms. The highest BCUT2D eigenvalue weighted by Crippen LogP contribution is 2.33. The Labute approximate surface area is 116 Å². The van der Waals surface area contributed by atoms with Crippen molar-refractivity contribution in [3.63, 3.8) is 0 Å². The van der Waals surface area contributed by atoms with E-state index < -0.39 is 0 Å². The molecule has 2 aromatic heterocycles. The Kier molecular flexibility index (Phi) is 3.60. The second-order valence-corrected chi connectivity index (χ2v) is 4.89. The molecule has 1 fully saturated rings. The number of aryl methyl sites for hydroxylation is 2. The molecule has 7 heteroatoms. The van der Waals surface area contributed by atoms with Crippen molar-refractivity contribution in [1.29, 1.82) is 0 Å². The predicted octanol–water partition coefficient (Wildman–Crippen LogP) is 1.67. The predicted molar refractivity (Wildman–Crippen MR) is 71.1 cm³/mol. The summed E-state index contributed by atoms with van der Waals surface area (Å²) < 4.78 is 10.9. The van der Waals surface area contributed by atoms with Gasteiger partial charge in [-0.3, -0.25) is 4.98 Å². The second kappa shape index (κ2) is 5.54. The molecule has 0 saturated carbocycles. The standard InChI is InChI=1S/C13H17N5O2/c1-8-12(15-5-4-14-8)16-7-10-3-6-19-11(10)13-17-9(2)18-20-13/h4-5,10-11H,3,6-7H2,1-2H3,(H,15,16)/t10-,11-/m0/s1. The molecule has 3 rings (SSSR count). The minimum Gasteiger partial charge on any atom is -0.368 e. The summed E-state index contributed by atoms with van der Waals surface area (Å²) in [4.78, 5) is 12.7. The van der Waals surface area contributed by atoms with Crippen molar-refractivity contribution in [2.45, 2.75) is 26.4 Å². The van der Waals surface area contributed by atoms with Crippen molar-refractivity contribution >= 4 is 5.82 Å². The maximum absolute atomic E-state index is 5.71. The van der Waals surface area contributed by atoms with Gasteiger partial charge in [0.15, 0.2) is 5.82 Å². The number of nitrogens with one attached hydrogen (secondary N) is 1. The zero-order valence-corrected chi connectivity index (χ0v) is 11.5. The van der Waals surface area contributed by atoms with Gasteiger partial charge in [0.05, 0.1) is 5.69 Å². The van der Waals surface area contributed by atoms with Crippen LogP contribution < -0.4 is 5.32 Å². The van der Waals surface area contributed by atoms with Gasteiger partial charge >= 0.3 is 0 Å². The number of rotatable bonds is 4. The number of aromatic nitrogens is 4. The first-order valence-corrected chi connectivity index (χ1v) is 6.67. The van der Waals surface area contributed by atoms with Crippen molar-refractivity contribution in [3.05, 3.63) is 29.8 Å². The minimum absolute atomic E-state index is 0.138. The molecule has 1 saturated heterocycles. The first-order chi connectivity index (χ1) is 9.74. The summed E-state index contributed by atoms with van der Waals surface area (Å²) in [5.41, 5.74) is 0.886. The van der Waals surface area contributed by atoms with E-state index in [0.717, 1.165) is 24.5 Å². The lowest BCUT2D eigenvalue weighted by molar-refractivity contribution is 0.0650. The van der Waals surface area contributed by atoms with Crippen LogP contribution in [-0.4, -0.2) is 33.3 Å². The molecule has 2 atom stereocenters. The van der Waals surface area contributed by atoms with Gasteiger partial charge in [-0.15, -0.1) is 0 Å². The molecule has 0 spiro atoms. The third kappa shape index (κ3) is 2.62. The van der Waals surface area contributed by atoms with Gasteiger partial charge < -0.3 is 14.6 Å². The van der Waals surface area contributed by atoms with Crippen LogP contribution in [0.2, 0.25) is 0 Å². The van der Waals surface area contributed by atoms with Gasteiger partial charge in [-0.25, -0.2) is 4.98 Å². The molecule has 0 aromatic carbocycles. The summed E-state index contributed by atoms with van der Waals surface area (Å²) in [6.45, 7) is 5.18. The number of hydrogen-bond donors (Lipinski definition) is 1. The molecule has 1 aliphatic rings. The van der Waals surface area contributed by atoms with Gasteiger partial charge in [0.2, 0.25) is 0 Å². The summed E-state index contributed by atoms with van der Waals surface area (Å²) >= 11 is 0. The van der Waals surface area contributed by atoms with E-state index in [0.29, 0.717) is 18.3 Å². The monoisotopic (exact) mass is 275 g/mol. The third-order valence-corrected chi connectivity index (χ3v) is 3.41. The molecule has 106 valence electrons. The van der Waals surface area contributed by atoms with Crippen molar-refractivity contribution in [2.75, 3.05) is 18.5 Å². The Hall–Kier alpha value is -2.02. The van der Waals surface area contributed by atoms with Crippen LogP contribution in [0.3, 0.4) is 0 Å². The molecule has 0 radical (unpaired) electrons. The first-order valence-electron chi connectivity index (χ1n) is 6.67. The lowest BCUT2D eigenvalue weighted by atomic mass is 10.0. The van der Waals surface area contributed by atoms with Gasteiger partial charge in [0.1, 0.15) is 11.9 Å². The van der Waals surface area contributed by atoms with Crippen molar-refractivity contribution in [1.82, 2.24) is 20.1 Å². The summed E-state index contributed by atoms with van der Waals surface area (Å²) in [5.74, 6) is 2.28. The van der Waals surface area contributed by atoms with Gasteiger partial charge in [0, 0.05) is 31.5 Å². The van der Waals surface area contributed by atoms with Crippen LogP contribution in [0.15, 0.2) is 16.9 Å². The summed E-state index contributed by atoms with van der Waals surface area (Å²) in [6.07, 6.45) is 4.18. The number of ether oxygens (including phenoxy) is 1. The number of anilines is 1. The van der Waals surface area contributed by atoms with Crippen LogP contribution >= 0.6 is 0 Å². The highest BCUT2D eigenvalue weighted by molar-refractivity contribution is 5.38. The Bertz CT molecular complexity index is 586. The maximum Gasteiger partial charge on any atom is 0.256 e. The largest absolute Gasteiger partial charge is 0.368 e. The molecule has 7 nitrogen and oxygen atoms in total. The van der Waals surface area contributed by atoms with E-state index in [4.69, 9.17) is 9.26 Å². The molecular formula is C13H17N5O2. The zero-order valence-electron chi connectivity index (χ0n) is 11.5. The maximum atomic E-state index is 5.71. The summed E-state index contributed by atoms with van der Waals surface area (Å²) in [5, 5.41) is 7.14. The Morgan fingerprint density at radius 2 is 2.15 bits per heavy atom. The second-order valence-electron chi connectivity index (χ2n) is 4.89. The zero-order chi connectivity index (χ0) is 13.9. The molecule has 0 amide bonds. The fraction of sp³-hybridized carbons (Fsp3) is 0.538. The Balaban J connectivity index is 1.66. The van der Waals surface area contributed by atoms with Crippen molar-refractivity contribution < 1.29 is 9.26 Å². The van der Waals surface area contributed by atoms with E-state index in [9.17, 15) is 0 Å². The third-order valence-electron chi connectivity index (χ3n) is 3.41. The topological polar surface area (TPSA) is 86.0 Å². The van der Waals surface area contributed by atoms with E-state index in [1.54, 1.807) is 19.3 Å². The molecule has 1 N–H and O–H groups in total. The van der Waals surface area contributed by atoms with Crippen LogP contribution in [0, 0.1) is 19.8 Å². The quantitative estimate of drug-likeness (QED) is 0.908. The van der Waals surface area contributed by atoms with Crippen LogP contribution in [-0.2, 0) is 4.74 Å². The number of hydrogen-bond acceptors (Lipinski definition) is 7. The lowest BCUT2D eigenvalue weighted by Crippen LogP contribution is -2.19. The van der Waals surface area contributed by atoms with Gasteiger partial charge in [-0.2, -0.15) is 4.98 Å². The van der Waals surface area contributed by atoms with Gasteiger partial charge in [-0.1, -0.05) is 5.16 Å². The SMILES string of the molecule is Cc1noc([C@H]2OCC[C@H]2CNc2nccnc2C)n1. The van der Waals surface area contributed by atoms with E-state index in [-0.39, 0.29) is 12.0 Å². The smallest absolute Gasteiger partial charge is 0.256 e. The average molecular weight is 275 g/mol. The lowest BCUT2D eigenvalue weighted by Gasteiger charge is -2.16. The highest BCUT2D eigenvalue weighted by atomic mass is 16.5. The first kappa shape index (κ1) is 13.0. The molecule has 0 unspecified atom stereocenters. The molecule has 1 aliphatic heterocycles. The molecule has 2 aromatic rings. The molecule has 3 heterocycles. The van der Waals surface area contributed by atoms with Crippen LogP contribution in [0.4, 0.5) is 5.82 Å². The van der Waals surface area contributed by atoms with E-state index in [2.05, 4.69) is 25.4 Å². The normalized spacial score (nSPS) is 22.1. The molecule has 0 aliphatic carbocycles. The fourth-order valence-corrected chi connectivity index (χ4v) is 2.35. The van der Waals surface area contributed by atoms with Crippen LogP contribution in [0.5, 0.6) is 0 Å². The van der Waals surface area contributed by atoms with Crippen molar-refractivity contribution in [2.24, 2.45) is 5.92 Å². The van der Waals surface area contributed by atoms with Crippen LogP contribution in [0.25, 0.3) is 0 Å². The van der Waals surface area contributed by atoms with Crippen LogP contribution in [0.1, 0.15) is 29.9 Å². The minimum atomic E-state index is -0.138. The Morgan fingerprint density at radius 3 is 2.90 bits per heavy atom. The number of nitrogens with zero attached hydrogens (tertiary/aromatic N) is 4. The Morgan fingerprint density at radius 1 is 1.30 bits per heavy atom.